The second-order valence-corrected chi connectivity index (χ2v) is 5.01. The van der Waals surface area contributed by atoms with Crippen molar-refractivity contribution in [3.63, 3.8) is 0 Å². The van der Waals surface area contributed by atoms with E-state index in [1.54, 1.807) is 0 Å². The van der Waals surface area contributed by atoms with Gasteiger partial charge in [-0.1, -0.05) is 26.2 Å². The standard InChI is InChI=1S/C14H26O6/c1-3-4-5-6-7-8-9(15)13-11(17)10(16)12(18)14(19-2)20-13/h8,10-18H,3-7H2,1-2H3/t10-,11+,12+,13+,14?/m0/s1/i8D. The maximum Gasteiger partial charge on any atom is 0.186 e. The van der Waals surface area contributed by atoms with Crippen LogP contribution in [-0.4, -0.2) is 58.2 Å². The predicted molar refractivity (Wildman–Crippen MR) is 73.2 cm³/mol. The Balaban J connectivity index is 2.71. The lowest BCUT2D eigenvalue weighted by molar-refractivity contribution is -0.286. The summed E-state index contributed by atoms with van der Waals surface area (Å²) in [4.78, 5) is 0. The molecule has 1 fully saturated rings. The number of hydrogen-bond acceptors (Lipinski definition) is 6. The van der Waals surface area contributed by atoms with E-state index in [1.165, 1.54) is 7.11 Å². The summed E-state index contributed by atoms with van der Waals surface area (Å²) in [6.45, 7) is 2.08. The van der Waals surface area contributed by atoms with Gasteiger partial charge in [0.05, 0.1) is 1.37 Å². The first kappa shape index (κ1) is 15.7. The zero-order valence-corrected chi connectivity index (χ0v) is 12.0. The normalized spacial score (nSPS) is 36.5. The molecule has 1 heterocycles. The lowest BCUT2D eigenvalue weighted by Crippen LogP contribution is -2.58. The van der Waals surface area contributed by atoms with E-state index < -0.39 is 36.5 Å². The largest absolute Gasteiger partial charge is 0.510 e. The maximum absolute atomic E-state index is 10.0. The van der Waals surface area contributed by atoms with Gasteiger partial charge in [-0.05, 0) is 18.9 Å². The molecule has 6 nitrogen and oxygen atoms in total. The number of rotatable bonds is 7. The van der Waals surface area contributed by atoms with Crippen molar-refractivity contribution >= 4 is 0 Å². The van der Waals surface area contributed by atoms with E-state index in [9.17, 15) is 20.4 Å². The summed E-state index contributed by atoms with van der Waals surface area (Å²) in [5.41, 5.74) is 0. The van der Waals surface area contributed by atoms with E-state index in [0.717, 1.165) is 25.7 Å². The van der Waals surface area contributed by atoms with E-state index in [1.807, 2.05) is 0 Å². The van der Waals surface area contributed by atoms with Gasteiger partial charge in [0.25, 0.3) is 0 Å². The molecule has 0 saturated carbocycles. The lowest BCUT2D eigenvalue weighted by atomic mass is 9.97. The summed E-state index contributed by atoms with van der Waals surface area (Å²) in [6, 6.07) is -0.0337. The number of aliphatic hydroxyl groups excluding tert-OH is 4. The summed E-state index contributed by atoms with van der Waals surface area (Å²) in [5, 5.41) is 39.3. The number of unbranched alkanes of at least 4 members (excludes halogenated alkanes) is 3. The Morgan fingerprint density at radius 1 is 1.20 bits per heavy atom. The first-order chi connectivity index (χ1) is 9.93. The monoisotopic (exact) mass is 291 g/mol. The third-order valence-corrected chi connectivity index (χ3v) is 3.41. The number of hydrogen-bond donors (Lipinski definition) is 4. The highest BCUT2D eigenvalue weighted by atomic mass is 16.7. The molecule has 1 unspecified atom stereocenters. The van der Waals surface area contributed by atoms with Crippen LogP contribution in [0.3, 0.4) is 0 Å². The molecule has 5 atom stereocenters. The van der Waals surface area contributed by atoms with Crippen LogP contribution in [-0.2, 0) is 9.47 Å². The minimum atomic E-state index is -1.51. The van der Waals surface area contributed by atoms with Crippen molar-refractivity contribution in [1.29, 1.82) is 0 Å². The highest BCUT2D eigenvalue weighted by Crippen LogP contribution is 2.25. The van der Waals surface area contributed by atoms with Gasteiger partial charge in [0.2, 0.25) is 0 Å². The van der Waals surface area contributed by atoms with E-state index in [0.29, 0.717) is 6.42 Å². The molecular formula is C14H26O6. The molecular weight excluding hydrogens is 264 g/mol. The van der Waals surface area contributed by atoms with Crippen molar-refractivity contribution in [1.82, 2.24) is 0 Å². The summed E-state index contributed by atoms with van der Waals surface area (Å²) in [6.07, 6.45) is -2.63. The van der Waals surface area contributed by atoms with E-state index in [4.69, 9.17) is 10.8 Å². The number of allylic oxidation sites excluding steroid dienone is 1. The van der Waals surface area contributed by atoms with Crippen LogP contribution in [0.25, 0.3) is 0 Å². The van der Waals surface area contributed by atoms with Crippen LogP contribution >= 0.6 is 0 Å². The Bertz CT molecular complexity index is 346. The highest BCUT2D eigenvalue weighted by molar-refractivity contribution is 5.06. The van der Waals surface area contributed by atoms with Crippen molar-refractivity contribution in [2.75, 3.05) is 7.11 Å². The molecule has 20 heavy (non-hydrogen) atoms. The van der Waals surface area contributed by atoms with Crippen LogP contribution in [0.15, 0.2) is 11.8 Å². The highest BCUT2D eigenvalue weighted by Gasteiger charge is 2.45. The van der Waals surface area contributed by atoms with Crippen molar-refractivity contribution in [2.45, 2.75) is 69.7 Å². The zero-order valence-electron chi connectivity index (χ0n) is 13.0. The molecule has 1 aliphatic rings. The average Bonchev–Trinajstić information content (AvgIpc) is 2.48. The summed E-state index contributed by atoms with van der Waals surface area (Å²) >= 11 is 0. The molecule has 0 spiro atoms. The quantitative estimate of drug-likeness (QED) is 0.410. The topological polar surface area (TPSA) is 99.4 Å². The summed E-state index contributed by atoms with van der Waals surface area (Å²) in [5.74, 6) is -0.424. The van der Waals surface area contributed by atoms with Gasteiger partial charge in [-0.15, -0.1) is 0 Å². The average molecular weight is 291 g/mol. The molecule has 0 aliphatic carbocycles. The van der Waals surface area contributed by atoms with Crippen LogP contribution in [0.4, 0.5) is 0 Å². The van der Waals surface area contributed by atoms with Crippen LogP contribution in [0.2, 0.25) is 0 Å². The van der Waals surface area contributed by atoms with Gasteiger partial charge in [-0.3, -0.25) is 0 Å². The summed E-state index contributed by atoms with van der Waals surface area (Å²) in [7, 11) is 1.28. The number of methoxy groups -OCH3 is 1. The molecule has 1 saturated heterocycles. The Hall–Kier alpha value is -0.660. The summed E-state index contributed by atoms with van der Waals surface area (Å²) < 4.78 is 17.9. The first-order valence-electron chi connectivity index (χ1n) is 7.55. The van der Waals surface area contributed by atoms with Gasteiger partial charge >= 0.3 is 0 Å². The second-order valence-electron chi connectivity index (χ2n) is 5.01. The molecule has 0 amide bonds. The molecule has 1 rings (SSSR count). The predicted octanol–water partition coefficient (Wildman–Crippen LogP) is 0.853. The smallest absolute Gasteiger partial charge is 0.186 e. The molecule has 0 aromatic rings. The van der Waals surface area contributed by atoms with Crippen LogP contribution in [0, 0.1) is 0 Å². The van der Waals surface area contributed by atoms with Crippen molar-refractivity contribution in [2.24, 2.45) is 0 Å². The third-order valence-electron chi connectivity index (χ3n) is 3.41. The van der Waals surface area contributed by atoms with Gasteiger partial charge in [0.1, 0.15) is 30.2 Å². The van der Waals surface area contributed by atoms with E-state index in [2.05, 4.69) is 6.92 Å². The fourth-order valence-electron chi connectivity index (χ4n) is 2.14. The van der Waals surface area contributed by atoms with Crippen LogP contribution in [0.5, 0.6) is 0 Å². The Kier molecular flexibility index (Phi) is 6.75. The Morgan fingerprint density at radius 2 is 1.90 bits per heavy atom. The van der Waals surface area contributed by atoms with E-state index in [-0.39, 0.29) is 6.05 Å². The fourth-order valence-corrected chi connectivity index (χ4v) is 2.14. The van der Waals surface area contributed by atoms with Crippen LogP contribution in [0.1, 0.15) is 40.4 Å². The second kappa shape index (κ2) is 8.59. The minimum Gasteiger partial charge on any atom is -0.510 e. The van der Waals surface area contributed by atoms with Gasteiger partial charge in [0.15, 0.2) is 6.29 Å². The molecule has 0 bridgehead atoms. The lowest BCUT2D eigenvalue weighted by Gasteiger charge is -2.39. The molecule has 6 heteroatoms. The van der Waals surface area contributed by atoms with Crippen molar-refractivity contribution in [3.8, 4) is 0 Å². The van der Waals surface area contributed by atoms with Gasteiger partial charge < -0.3 is 29.9 Å². The molecule has 0 radical (unpaired) electrons. The molecule has 1 aliphatic heterocycles. The Morgan fingerprint density at radius 3 is 2.50 bits per heavy atom. The number of ether oxygens (including phenoxy) is 2. The van der Waals surface area contributed by atoms with Crippen molar-refractivity contribution in [3.05, 3.63) is 11.8 Å². The third kappa shape index (κ3) is 4.43. The molecule has 0 aromatic carbocycles. The van der Waals surface area contributed by atoms with Crippen LogP contribution < -0.4 is 0 Å². The molecule has 4 N–H and O–H groups in total. The van der Waals surface area contributed by atoms with Gasteiger partial charge in [-0.2, -0.15) is 0 Å². The maximum atomic E-state index is 10.0. The zero-order chi connectivity index (χ0) is 16.0. The minimum absolute atomic E-state index is 0.0337. The first-order valence-corrected chi connectivity index (χ1v) is 7.05. The SMILES string of the molecule is [2H]C(CCCCCC)=C(O)[C@H]1OC(OC)[C@H](O)[C@@H](O)[C@H]1O. The van der Waals surface area contributed by atoms with Crippen molar-refractivity contribution < 1.29 is 31.3 Å². The molecule has 118 valence electrons. The van der Waals surface area contributed by atoms with E-state index >= 15 is 0 Å². The Labute approximate surface area is 121 Å². The molecule has 0 aromatic heterocycles. The van der Waals surface area contributed by atoms with Gasteiger partial charge in [-0.25, -0.2) is 0 Å². The fraction of sp³-hybridized carbons (Fsp3) is 0.857. The number of aliphatic hydroxyl groups is 4. The van der Waals surface area contributed by atoms with Gasteiger partial charge in [0, 0.05) is 7.11 Å².